The van der Waals surface area contributed by atoms with Crippen LogP contribution in [0.4, 0.5) is 11.4 Å². The lowest BCUT2D eigenvalue weighted by molar-refractivity contribution is -0.384. The molecule has 0 unspecified atom stereocenters. The second-order valence-electron chi connectivity index (χ2n) is 5.68. The van der Waals surface area contributed by atoms with Crippen molar-refractivity contribution in [2.75, 3.05) is 5.32 Å². The molecule has 0 saturated heterocycles. The fourth-order valence-electron chi connectivity index (χ4n) is 2.42. The van der Waals surface area contributed by atoms with Crippen molar-refractivity contribution in [3.05, 3.63) is 94.0 Å². The minimum absolute atomic E-state index is 0.00558. The van der Waals surface area contributed by atoms with Crippen molar-refractivity contribution in [3.63, 3.8) is 0 Å². The third kappa shape index (κ3) is 4.31. The first-order valence-electron chi connectivity index (χ1n) is 8.10. The van der Waals surface area contributed by atoms with Crippen LogP contribution in [0.1, 0.15) is 20.7 Å². The number of carbonyl (C=O) groups is 2. The van der Waals surface area contributed by atoms with Gasteiger partial charge in [-0.15, -0.1) is 0 Å². The Morgan fingerprint density at radius 1 is 0.893 bits per heavy atom. The van der Waals surface area contributed by atoms with Crippen LogP contribution in [0.5, 0.6) is 11.5 Å². The molecule has 0 aromatic heterocycles. The van der Waals surface area contributed by atoms with E-state index < -0.39 is 16.8 Å². The fraction of sp³-hybridized carbons (Fsp3) is 0. The summed E-state index contributed by atoms with van der Waals surface area (Å²) in [6.07, 6.45) is 0. The Labute approximate surface area is 159 Å². The average Bonchev–Trinajstić information content (AvgIpc) is 2.69. The van der Waals surface area contributed by atoms with E-state index in [4.69, 9.17) is 9.84 Å². The molecule has 8 heteroatoms. The van der Waals surface area contributed by atoms with Crippen LogP contribution in [0.3, 0.4) is 0 Å². The summed E-state index contributed by atoms with van der Waals surface area (Å²) in [5.41, 5.74) is 0.470. The van der Waals surface area contributed by atoms with Crippen LogP contribution in [0.25, 0.3) is 0 Å². The minimum Gasteiger partial charge on any atom is -0.478 e. The largest absolute Gasteiger partial charge is 0.478 e. The van der Waals surface area contributed by atoms with E-state index in [2.05, 4.69) is 5.32 Å². The number of amides is 1. The van der Waals surface area contributed by atoms with Crippen molar-refractivity contribution in [1.82, 2.24) is 0 Å². The molecule has 3 aromatic carbocycles. The zero-order chi connectivity index (χ0) is 20.1. The van der Waals surface area contributed by atoms with Gasteiger partial charge in [0.05, 0.1) is 16.2 Å². The number of nitrogens with one attached hydrogen (secondary N) is 1. The lowest BCUT2D eigenvalue weighted by Gasteiger charge is -2.09. The number of anilines is 1. The van der Waals surface area contributed by atoms with E-state index in [-0.39, 0.29) is 16.9 Å². The zero-order valence-electron chi connectivity index (χ0n) is 14.4. The molecule has 0 aliphatic carbocycles. The van der Waals surface area contributed by atoms with E-state index in [1.54, 1.807) is 24.3 Å². The van der Waals surface area contributed by atoms with Crippen molar-refractivity contribution in [3.8, 4) is 11.5 Å². The van der Waals surface area contributed by atoms with Gasteiger partial charge < -0.3 is 15.2 Å². The smallest absolute Gasteiger partial charge is 0.337 e. The summed E-state index contributed by atoms with van der Waals surface area (Å²) in [6.45, 7) is 0. The first kappa shape index (κ1) is 18.6. The molecule has 0 spiro atoms. The van der Waals surface area contributed by atoms with E-state index in [0.29, 0.717) is 17.1 Å². The molecule has 0 aliphatic rings. The first-order valence-corrected chi connectivity index (χ1v) is 8.10. The zero-order valence-corrected chi connectivity index (χ0v) is 14.4. The Hall–Kier alpha value is -4.20. The molecule has 0 saturated carbocycles. The van der Waals surface area contributed by atoms with Gasteiger partial charge in [-0.25, -0.2) is 4.79 Å². The Morgan fingerprint density at radius 3 is 2.04 bits per heavy atom. The summed E-state index contributed by atoms with van der Waals surface area (Å²) in [4.78, 5) is 33.7. The molecule has 28 heavy (non-hydrogen) atoms. The number of carboxylic acids is 1. The molecule has 0 fully saturated rings. The summed E-state index contributed by atoms with van der Waals surface area (Å²) in [6, 6.07) is 17.9. The highest BCUT2D eigenvalue weighted by Crippen LogP contribution is 2.24. The van der Waals surface area contributed by atoms with Gasteiger partial charge in [0.2, 0.25) is 0 Å². The van der Waals surface area contributed by atoms with Crippen LogP contribution in [0.2, 0.25) is 0 Å². The highest BCUT2D eigenvalue weighted by atomic mass is 16.6. The normalized spacial score (nSPS) is 10.1. The molecule has 8 nitrogen and oxygen atoms in total. The third-order valence-corrected chi connectivity index (χ3v) is 3.81. The molecule has 0 bridgehead atoms. The Morgan fingerprint density at radius 2 is 1.46 bits per heavy atom. The van der Waals surface area contributed by atoms with Crippen molar-refractivity contribution >= 4 is 23.3 Å². The van der Waals surface area contributed by atoms with Gasteiger partial charge in [0.15, 0.2) is 0 Å². The summed E-state index contributed by atoms with van der Waals surface area (Å²) in [7, 11) is 0. The van der Waals surface area contributed by atoms with Crippen LogP contribution >= 0.6 is 0 Å². The fourth-order valence-corrected chi connectivity index (χ4v) is 2.42. The number of ether oxygens (including phenoxy) is 1. The molecule has 3 aromatic rings. The number of non-ortho nitro benzene ring substituents is 1. The molecule has 140 valence electrons. The van der Waals surface area contributed by atoms with E-state index in [1.165, 1.54) is 48.5 Å². The topological polar surface area (TPSA) is 119 Å². The molecule has 0 heterocycles. The summed E-state index contributed by atoms with van der Waals surface area (Å²) in [5.74, 6) is -0.743. The van der Waals surface area contributed by atoms with Gasteiger partial charge in [0.25, 0.3) is 11.6 Å². The van der Waals surface area contributed by atoms with Crippen molar-refractivity contribution in [1.29, 1.82) is 0 Å². The molecular formula is C20H14N2O6. The molecule has 2 N–H and O–H groups in total. The molecular weight excluding hydrogens is 364 g/mol. The van der Waals surface area contributed by atoms with Gasteiger partial charge in [-0.1, -0.05) is 12.1 Å². The molecule has 0 radical (unpaired) electrons. The number of carboxylic acid groups (broad SMARTS) is 1. The van der Waals surface area contributed by atoms with Crippen LogP contribution in [-0.4, -0.2) is 21.9 Å². The van der Waals surface area contributed by atoms with Gasteiger partial charge >= 0.3 is 5.97 Å². The van der Waals surface area contributed by atoms with E-state index in [9.17, 15) is 19.7 Å². The number of aromatic carboxylic acids is 1. The number of rotatable bonds is 6. The maximum Gasteiger partial charge on any atom is 0.337 e. The Balaban J connectivity index is 1.69. The second kappa shape index (κ2) is 8.00. The number of hydrogen-bond acceptors (Lipinski definition) is 5. The van der Waals surface area contributed by atoms with Crippen LogP contribution in [-0.2, 0) is 0 Å². The van der Waals surface area contributed by atoms with E-state index >= 15 is 0 Å². The van der Waals surface area contributed by atoms with Gasteiger partial charge in [-0.3, -0.25) is 14.9 Å². The number of carbonyl (C=O) groups excluding carboxylic acids is 1. The lowest BCUT2D eigenvalue weighted by atomic mass is 10.1. The summed E-state index contributed by atoms with van der Waals surface area (Å²) in [5, 5.41) is 22.4. The first-order chi connectivity index (χ1) is 13.4. The van der Waals surface area contributed by atoms with Crippen LogP contribution in [0.15, 0.2) is 72.8 Å². The molecule has 3 rings (SSSR count). The van der Waals surface area contributed by atoms with Crippen LogP contribution in [0, 0.1) is 10.1 Å². The van der Waals surface area contributed by atoms with Gasteiger partial charge in [-0.2, -0.15) is 0 Å². The maximum absolute atomic E-state index is 12.4. The average molecular weight is 378 g/mol. The minimum atomic E-state index is -1.14. The molecule has 0 atom stereocenters. The molecule has 0 aliphatic heterocycles. The quantitative estimate of drug-likeness (QED) is 0.486. The number of nitro benzene ring substituents is 1. The van der Waals surface area contributed by atoms with Crippen LogP contribution < -0.4 is 10.1 Å². The second-order valence-corrected chi connectivity index (χ2v) is 5.68. The van der Waals surface area contributed by atoms with E-state index in [1.807, 2.05) is 0 Å². The predicted molar refractivity (Wildman–Crippen MR) is 101 cm³/mol. The highest BCUT2D eigenvalue weighted by Gasteiger charge is 2.13. The Bertz CT molecular complexity index is 1030. The standard InChI is InChI=1S/C20H14N2O6/c23-19(21-18-4-2-1-3-17(18)20(24)25)13-5-9-15(10-6-13)28-16-11-7-14(8-12-16)22(26)27/h1-12H,(H,21,23)(H,24,25). The van der Waals surface area contributed by atoms with Gasteiger partial charge in [-0.05, 0) is 48.5 Å². The predicted octanol–water partition coefficient (Wildman–Crippen LogP) is 4.34. The Kier molecular flexibility index (Phi) is 5.31. The molecule has 1 amide bonds. The maximum atomic E-state index is 12.4. The van der Waals surface area contributed by atoms with E-state index in [0.717, 1.165) is 0 Å². The SMILES string of the molecule is O=C(Nc1ccccc1C(=O)O)c1ccc(Oc2ccc([N+](=O)[O-])cc2)cc1. The number of benzene rings is 3. The van der Waals surface area contributed by atoms with Crippen molar-refractivity contribution in [2.45, 2.75) is 0 Å². The third-order valence-electron chi connectivity index (χ3n) is 3.81. The summed E-state index contributed by atoms with van der Waals surface area (Å²) >= 11 is 0. The number of nitro groups is 1. The van der Waals surface area contributed by atoms with Crippen molar-refractivity contribution < 1.29 is 24.4 Å². The van der Waals surface area contributed by atoms with Crippen molar-refractivity contribution in [2.24, 2.45) is 0 Å². The monoisotopic (exact) mass is 378 g/mol. The number of nitrogens with zero attached hydrogens (tertiary/aromatic N) is 1. The van der Waals surface area contributed by atoms with Gasteiger partial charge in [0.1, 0.15) is 11.5 Å². The van der Waals surface area contributed by atoms with Gasteiger partial charge in [0, 0.05) is 17.7 Å². The number of para-hydroxylation sites is 1. The lowest BCUT2D eigenvalue weighted by Crippen LogP contribution is -2.14. The highest BCUT2D eigenvalue weighted by molar-refractivity contribution is 6.07. The number of hydrogen-bond donors (Lipinski definition) is 2. The summed E-state index contributed by atoms with van der Waals surface area (Å²) < 4.78 is 5.58.